The highest BCUT2D eigenvalue weighted by molar-refractivity contribution is 5.96. The zero-order valence-electron chi connectivity index (χ0n) is 11.0. The van der Waals surface area contributed by atoms with E-state index in [1.165, 1.54) is 0 Å². The van der Waals surface area contributed by atoms with Crippen LogP contribution >= 0.6 is 0 Å². The largest absolute Gasteiger partial charge is 0.338 e. The molecule has 0 bridgehead atoms. The predicted octanol–water partition coefficient (Wildman–Crippen LogP) is 1.98. The molecule has 0 spiro atoms. The van der Waals surface area contributed by atoms with E-state index in [1.807, 2.05) is 36.4 Å². The Bertz CT molecular complexity index is 1200. The number of imidazole rings is 1. The average Bonchev–Trinajstić information content (AvgIpc) is 3.07. The van der Waals surface area contributed by atoms with E-state index >= 15 is 0 Å². The summed E-state index contributed by atoms with van der Waals surface area (Å²) in [5.74, 6) is 0. The first-order chi connectivity index (χ1) is 10.8. The van der Waals surface area contributed by atoms with E-state index in [1.54, 1.807) is 4.40 Å². The van der Waals surface area contributed by atoms with Gasteiger partial charge in [0, 0.05) is 0 Å². The fourth-order valence-electron chi connectivity index (χ4n) is 2.60. The minimum absolute atomic E-state index is 0.0517. The predicted molar refractivity (Wildman–Crippen MR) is 76.5 cm³/mol. The standard InChI is InChI=1S/C15H5N7/c16-5-8-13-15(21-11(7-18)10(6-17)19-13)22-12-4-2-1-3-9(12)20-14(8)22/h1-4,20H. The van der Waals surface area contributed by atoms with Gasteiger partial charge in [0.2, 0.25) is 0 Å². The van der Waals surface area contributed by atoms with E-state index in [0.29, 0.717) is 22.4 Å². The topological polar surface area (TPSA) is 117 Å². The Kier molecular flexibility index (Phi) is 2.19. The van der Waals surface area contributed by atoms with Crippen molar-refractivity contribution in [3.8, 4) is 18.2 Å². The zero-order valence-corrected chi connectivity index (χ0v) is 11.0. The van der Waals surface area contributed by atoms with Crippen molar-refractivity contribution < 1.29 is 0 Å². The molecular formula is C15H5N7. The molecule has 0 aliphatic carbocycles. The average molecular weight is 283 g/mol. The molecule has 0 aliphatic heterocycles. The molecule has 0 fully saturated rings. The first-order valence-electron chi connectivity index (χ1n) is 6.31. The highest BCUT2D eigenvalue weighted by Crippen LogP contribution is 2.28. The van der Waals surface area contributed by atoms with Gasteiger partial charge in [-0.15, -0.1) is 0 Å². The van der Waals surface area contributed by atoms with Crippen molar-refractivity contribution in [2.24, 2.45) is 0 Å². The van der Waals surface area contributed by atoms with Crippen LogP contribution in [0.15, 0.2) is 24.3 Å². The molecule has 0 aliphatic rings. The van der Waals surface area contributed by atoms with Crippen LogP contribution in [0.25, 0.3) is 27.8 Å². The maximum Gasteiger partial charge on any atom is 0.179 e. The van der Waals surface area contributed by atoms with Crippen LogP contribution in [0, 0.1) is 34.0 Å². The molecule has 0 saturated heterocycles. The number of aromatic nitrogens is 4. The van der Waals surface area contributed by atoms with Gasteiger partial charge in [0.25, 0.3) is 0 Å². The second-order valence-corrected chi connectivity index (χ2v) is 4.63. The van der Waals surface area contributed by atoms with Gasteiger partial charge < -0.3 is 4.98 Å². The Morgan fingerprint density at radius 3 is 2.41 bits per heavy atom. The summed E-state index contributed by atoms with van der Waals surface area (Å²) in [7, 11) is 0. The lowest BCUT2D eigenvalue weighted by Gasteiger charge is -1.96. The van der Waals surface area contributed by atoms with E-state index < -0.39 is 0 Å². The van der Waals surface area contributed by atoms with Crippen LogP contribution in [0.2, 0.25) is 0 Å². The lowest BCUT2D eigenvalue weighted by atomic mass is 10.2. The van der Waals surface area contributed by atoms with Crippen LogP contribution in [0.1, 0.15) is 17.0 Å². The van der Waals surface area contributed by atoms with E-state index in [0.717, 1.165) is 11.0 Å². The molecule has 0 radical (unpaired) electrons. The molecule has 1 N–H and O–H groups in total. The molecule has 7 heteroatoms. The highest BCUT2D eigenvalue weighted by atomic mass is 15.1. The number of fused-ring (bicyclic) bond motifs is 5. The molecular weight excluding hydrogens is 278 g/mol. The number of nitrogens with one attached hydrogen (secondary N) is 1. The van der Waals surface area contributed by atoms with Gasteiger partial charge in [-0.25, -0.2) is 9.97 Å². The van der Waals surface area contributed by atoms with Crippen molar-refractivity contribution in [3.63, 3.8) is 0 Å². The normalized spacial score (nSPS) is 10.6. The molecule has 22 heavy (non-hydrogen) atoms. The molecule has 100 valence electrons. The summed E-state index contributed by atoms with van der Waals surface area (Å²) in [6.45, 7) is 0. The summed E-state index contributed by atoms with van der Waals surface area (Å²) in [4.78, 5) is 11.5. The number of rotatable bonds is 0. The number of nitriles is 3. The third-order valence-corrected chi connectivity index (χ3v) is 3.51. The fourth-order valence-corrected chi connectivity index (χ4v) is 2.60. The molecule has 4 aromatic rings. The van der Waals surface area contributed by atoms with Gasteiger partial charge in [-0.05, 0) is 12.1 Å². The van der Waals surface area contributed by atoms with Gasteiger partial charge in [0.1, 0.15) is 34.9 Å². The Hall–Kier alpha value is -3.89. The molecule has 3 heterocycles. The third-order valence-electron chi connectivity index (χ3n) is 3.51. The lowest BCUT2D eigenvalue weighted by molar-refractivity contribution is 1.16. The van der Waals surface area contributed by atoms with E-state index in [4.69, 9.17) is 10.5 Å². The zero-order chi connectivity index (χ0) is 15.3. The van der Waals surface area contributed by atoms with Crippen molar-refractivity contribution in [1.29, 1.82) is 15.8 Å². The van der Waals surface area contributed by atoms with E-state index in [2.05, 4.69) is 21.0 Å². The Morgan fingerprint density at radius 2 is 1.68 bits per heavy atom. The quantitative estimate of drug-likeness (QED) is 0.529. The van der Waals surface area contributed by atoms with Crippen molar-refractivity contribution in [2.45, 2.75) is 0 Å². The lowest BCUT2D eigenvalue weighted by Crippen LogP contribution is -1.96. The molecule has 0 atom stereocenters. The van der Waals surface area contributed by atoms with Crippen LogP contribution in [-0.2, 0) is 0 Å². The second kappa shape index (κ2) is 4.05. The van der Waals surface area contributed by atoms with Crippen LogP contribution in [-0.4, -0.2) is 19.4 Å². The first-order valence-corrected chi connectivity index (χ1v) is 6.31. The minimum Gasteiger partial charge on any atom is -0.338 e. The summed E-state index contributed by atoms with van der Waals surface area (Å²) < 4.78 is 1.75. The summed E-state index contributed by atoms with van der Waals surface area (Å²) in [5, 5.41) is 27.6. The van der Waals surface area contributed by atoms with Gasteiger partial charge in [-0.2, -0.15) is 15.8 Å². The maximum atomic E-state index is 9.44. The van der Waals surface area contributed by atoms with Crippen molar-refractivity contribution in [1.82, 2.24) is 19.4 Å². The van der Waals surface area contributed by atoms with Crippen molar-refractivity contribution >= 4 is 27.8 Å². The number of hydrogen-bond donors (Lipinski definition) is 1. The number of H-pyrrole nitrogens is 1. The number of nitrogens with zero attached hydrogens (tertiary/aromatic N) is 6. The molecule has 0 saturated carbocycles. The second-order valence-electron chi connectivity index (χ2n) is 4.63. The summed E-state index contributed by atoms with van der Waals surface area (Å²) in [6, 6.07) is 13.3. The molecule has 0 unspecified atom stereocenters. The monoisotopic (exact) mass is 283 g/mol. The minimum atomic E-state index is -0.0796. The van der Waals surface area contributed by atoms with E-state index in [9.17, 15) is 5.26 Å². The van der Waals surface area contributed by atoms with Crippen molar-refractivity contribution in [3.05, 3.63) is 41.2 Å². The molecule has 4 rings (SSSR count). The molecule has 0 amide bonds. The molecule has 3 aromatic heterocycles. The SMILES string of the molecule is N#Cc1nc2c(C#N)c3[nH]c4ccccc4n3c2nc1C#N. The Labute approximate surface area is 123 Å². The van der Waals surface area contributed by atoms with Gasteiger partial charge in [-0.3, -0.25) is 4.40 Å². The van der Waals surface area contributed by atoms with Crippen LogP contribution in [0.5, 0.6) is 0 Å². The van der Waals surface area contributed by atoms with Gasteiger partial charge in [0.15, 0.2) is 17.0 Å². The number of aromatic amines is 1. The summed E-state index contributed by atoms with van der Waals surface area (Å²) in [5.41, 5.74) is 3.10. The number of benzene rings is 1. The fraction of sp³-hybridized carbons (Fsp3) is 0. The maximum absolute atomic E-state index is 9.44. The Balaban J connectivity index is 2.34. The van der Waals surface area contributed by atoms with Crippen molar-refractivity contribution in [2.75, 3.05) is 0 Å². The van der Waals surface area contributed by atoms with Gasteiger partial charge in [-0.1, -0.05) is 12.1 Å². The number of para-hydroxylation sites is 2. The van der Waals surface area contributed by atoms with Crippen LogP contribution in [0.3, 0.4) is 0 Å². The van der Waals surface area contributed by atoms with Gasteiger partial charge >= 0.3 is 0 Å². The first kappa shape index (κ1) is 11.9. The Morgan fingerprint density at radius 1 is 0.955 bits per heavy atom. The molecule has 1 aromatic carbocycles. The summed E-state index contributed by atoms with van der Waals surface area (Å²) in [6.07, 6.45) is 0. The number of hydrogen-bond acceptors (Lipinski definition) is 5. The van der Waals surface area contributed by atoms with Gasteiger partial charge in [0.05, 0.1) is 11.0 Å². The highest BCUT2D eigenvalue weighted by Gasteiger charge is 2.20. The third kappa shape index (κ3) is 1.30. The van der Waals surface area contributed by atoms with E-state index in [-0.39, 0.29) is 11.4 Å². The smallest absolute Gasteiger partial charge is 0.179 e. The van der Waals surface area contributed by atoms with Crippen LogP contribution in [0.4, 0.5) is 0 Å². The molecule has 7 nitrogen and oxygen atoms in total. The summed E-state index contributed by atoms with van der Waals surface area (Å²) >= 11 is 0. The van der Waals surface area contributed by atoms with Crippen LogP contribution < -0.4 is 0 Å².